The van der Waals surface area contributed by atoms with Crippen LogP contribution < -0.4 is 4.74 Å². The molecule has 0 radical (unpaired) electrons. The smallest absolute Gasteiger partial charge is 0.123 e. The van der Waals surface area contributed by atoms with Crippen molar-refractivity contribution in [1.29, 1.82) is 0 Å². The summed E-state index contributed by atoms with van der Waals surface area (Å²) in [6.07, 6.45) is 1.45. The predicted octanol–water partition coefficient (Wildman–Crippen LogP) is 2.84. The summed E-state index contributed by atoms with van der Waals surface area (Å²) >= 11 is 1.95. The molecule has 0 bridgehead atoms. The number of hydrogen-bond acceptors (Lipinski definition) is 3. The monoisotopic (exact) mass is 252 g/mol. The lowest BCUT2D eigenvalue weighted by molar-refractivity contribution is 0.197. The molecule has 1 aromatic carbocycles. The molecule has 1 aliphatic heterocycles. The van der Waals surface area contributed by atoms with Crippen LogP contribution in [0, 0.1) is 0 Å². The number of aliphatic hydroxyl groups excluding tert-OH is 1. The Morgan fingerprint density at radius 1 is 1.41 bits per heavy atom. The Kier molecular flexibility index (Phi) is 4.00. The van der Waals surface area contributed by atoms with Crippen LogP contribution in [0.1, 0.15) is 25.8 Å². The minimum atomic E-state index is -0.248. The summed E-state index contributed by atoms with van der Waals surface area (Å²) in [7, 11) is 0. The van der Waals surface area contributed by atoms with Gasteiger partial charge in [-0.25, -0.2) is 0 Å². The summed E-state index contributed by atoms with van der Waals surface area (Å²) in [6, 6.07) is 8.06. The highest BCUT2D eigenvalue weighted by atomic mass is 32.2. The molecule has 0 aliphatic carbocycles. The van der Waals surface area contributed by atoms with Crippen molar-refractivity contribution in [1.82, 2.24) is 0 Å². The molecule has 1 heterocycles. The fraction of sp³-hybridized carbons (Fsp3) is 0.571. The van der Waals surface area contributed by atoms with E-state index in [-0.39, 0.29) is 12.0 Å². The summed E-state index contributed by atoms with van der Waals surface area (Å²) in [6.45, 7) is 4.21. The van der Waals surface area contributed by atoms with E-state index in [1.165, 1.54) is 5.75 Å². The van der Waals surface area contributed by atoms with Crippen LogP contribution in [0.15, 0.2) is 24.3 Å². The molecule has 3 heteroatoms. The normalized spacial score (nSPS) is 20.5. The van der Waals surface area contributed by atoms with Crippen molar-refractivity contribution >= 4 is 11.8 Å². The van der Waals surface area contributed by atoms with Crippen LogP contribution in [0.3, 0.4) is 0 Å². The Labute approximate surface area is 107 Å². The SMILES string of the molecule is CC(C)(CO)c1ccccc1OC1CCSC1. The van der Waals surface area contributed by atoms with Crippen molar-refractivity contribution in [2.24, 2.45) is 0 Å². The summed E-state index contributed by atoms with van der Waals surface area (Å²) in [5, 5.41) is 9.47. The number of thioether (sulfide) groups is 1. The predicted molar refractivity (Wildman–Crippen MR) is 72.9 cm³/mol. The molecule has 0 amide bonds. The van der Waals surface area contributed by atoms with Gasteiger partial charge in [-0.3, -0.25) is 0 Å². The lowest BCUT2D eigenvalue weighted by Crippen LogP contribution is -2.25. The van der Waals surface area contributed by atoms with Gasteiger partial charge in [0.2, 0.25) is 0 Å². The van der Waals surface area contributed by atoms with Crippen LogP contribution in [0.5, 0.6) is 5.75 Å². The van der Waals surface area contributed by atoms with Gasteiger partial charge in [-0.1, -0.05) is 32.0 Å². The highest BCUT2D eigenvalue weighted by molar-refractivity contribution is 7.99. The molecule has 1 aromatic rings. The average Bonchev–Trinajstić information content (AvgIpc) is 2.82. The van der Waals surface area contributed by atoms with Crippen LogP contribution in [0.2, 0.25) is 0 Å². The van der Waals surface area contributed by atoms with E-state index in [1.807, 2.05) is 49.9 Å². The second kappa shape index (κ2) is 5.32. The highest BCUT2D eigenvalue weighted by Gasteiger charge is 2.25. The first-order valence-corrected chi connectivity index (χ1v) is 7.24. The number of rotatable bonds is 4. The molecule has 2 rings (SSSR count). The second-order valence-electron chi connectivity index (χ2n) is 5.14. The zero-order valence-corrected chi connectivity index (χ0v) is 11.3. The van der Waals surface area contributed by atoms with Gasteiger partial charge >= 0.3 is 0 Å². The largest absolute Gasteiger partial charge is 0.489 e. The summed E-state index contributed by atoms with van der Waals surface area (Å²) in [5.41, 5.74) is 0.849. The van der Waals surface area contributed by atoms with E-state index in [0.29, 0.717) is 6.10 Å². The number of aliphatic hydroxyl groups is 1. The average molecular weight is 252 g/mol. The van der Waals surface area contributed by atoms with E-state index in [2.05, 4.69) is 0 Å². The first-order chi connectivity index (χ1) is 8.13. The third kappa shape index (κ3) is 2.96. The van der Waals surface area contributed by atoms with E-state index in [0.717, 1.165) is 23.5 Å². The maximum Gasteiger partial charge on any atom is 0.123 e. The Bertz CT molecular complexity index is 370. The van der Waals surface area contributed by atoms with Crippen molar-refractivity contribution < 1.29 is 9.84 Å². The van der Waals surface area contributed by atoms with Gasteiger partial charge in [0.25, 0.3) is 0 Å². The first kappa shape index (κ1) is 12.8. The molecule has 1 unspecified atom stereocenters. The highest BCUT2D eigenvalue weighted by Crippen LogP contribution is 2.33. The molecule has 1 aliphatic rings. The fourth-order valence-electron chi connectivity index (χ4n) is 2.00. The minimum absolute atomic E-state index is 0.132. The van der Waals surface area contributed by atoms with Crippen molar-refractivity contribution in [3.8, 4) is 5.75 Å². The first-order valence-electron chi connectivity index (χ1n) is 6.08. The van der Waals surface area contributed by atoms with E-state index < -0.39 is 0 Å². The van der Waals surface area contributed by atoms with Crippen molar-refractivity contribution in [3.05, 3.63) is 29.8 Å². The zero-order valence-electron chi connectivity index (χ0n) is 10.5. The Hall–Kier alpha value is -0.670. The van der Waals surface area contributed by atoms with Gasteiger partial charge in [0, 0.05) is 16.7 Å². The molecule has 0 saturated carbocycles. The second-order valence-corrected chi connectivity index (χ2v) is 6.29. The number of benzene rings is 1. The van der Waals surface area contributed by atoms with Gasteiger partial charge in [-0.05, 0) is 18.2 Å². The molecule has 1 atom stereocenters. The molecular formula is C14H20O2S. The summed E-state index contributed by atoms with van der Waals surface area (Å²) < 4.78 is 6.06. The van der Waals surface area contributed by atoms with E-state index in [4.69, 9.17) is 4.74 Å². The van der Waals surface area contributed by atoms with Gasteiger partial charge in [0.15, 0.2) is 0 Å². The maximum absolute atomic E-state index is 9.47. The third-order valence-corrected chi connectivity index (χ3v) is 4.32. The number of para-hydroxylation sites is 1. The molecule has 1 fully saturated rings. The van der Waals surface area contributed by atoms with E-state index in [9.17, 15) is 5.11 Å². The lowest BCUT2D eigenvalue weighted by Gasteiger charge is -2.26. The quantitative estimate of drug-likeness (QED) is 0.893. The van der Waals surface area contributed by atoms with Crippen LogP contribution in [-0.2, 0) is 5.41 Å². The van der Waals surface area contributed by atoms with Crippen LogP contribution in [0.4, 0.5) is 0 Å². The molecule has 1 saturated heterocycles. The van der Waals surface area contributed by atoms with E-state index in [1.54, 1.807) is 0 Å². The van der Waals surface area contributed by atoms with Crippen LogP contribution >= 0.6 is 11.8 Å². The van der Waals surface area contributed by atoms with Gasteiger partial charge in [-0.2, -0.15) is 11.8 Å². The molecule has 0 aromatic heterocycles. The minimum Gasteiger partial charge on any atom is -0.489 e. The Morgan fingerprint density at radius 3 is 2.82 bits per heavy atom. The molecule has 2 nitrogen and oxygen atoms in total. The molecule has 17 heavy (non-hydrogen) atoms. The van der Waals surface area contributed by atoms with Gasteiger partial charge < -0.3 is 9.84 Å². The maximum atomic E-state index is 9.47. The molecule has 1 N–H and O–H groups in total. The fourth-order valence-corrected chi connectivity index (χ4v) is 3.09. The zero-order chi connectivity index (χ0) is 12.3. The van der Waals surface area contributed by atoms with Gasteiger partial charge in [-0.15, -0.1) is 0 Å². The molecular weight excluding hydrogens is 232 g/mol. The van der Waals surface area contributed by atoms with Gasteiger partial charge in [0.05, 0.1) is 6.61 Å². The van der Waals surface area contributed by atoms with Crippen LogP contribution in [0.25, 0.3) is 0 Å². The third-order valence-electron chi connectivity index (χ3n) is 3.19. The molecule has 0 spiro atoms. The van der Waals surface area contributed by atoms with Crippen LogP contribution in [-0.4, -0.2) is 29.3 Å². The molecule has 94 valence electrons. The number of hydrogen-bond donors (Lipinski definition) is 1. The van der Waals surface area contributed by atoms with Gasteiger partial charge in [0.1, 0.15) is 11.9 Å². The van der Waals surface area contributed by atoms with Crippen molar-refractivity contribution in [3.63, 3.8) is 0 Å². The standard InChI is InChI=1S/C14H20O2S/c1-14(2,10-15)12-5-3-4-6-13(12)16-11-7-8-17-9-11/h3-6,11,15H,7-10H2,1-2H3. The van der Waals surface area contributed by atoms with Crippen molar-refractivity contribution in [2.75, 3.05) is 18.1 Å². The van der Waals surface area contributed by atoms with E-state index >= 15 is 0 Å². The summed E-state index contributed by atoms with van der Waals surface area (Å²) in [5.74, 6) is 3.20. The topological polar surface area (TPSA) is 29.5 Å². The summed E-state index contributed by atoms with van der Waals surface area (Å²) in [4.78, 5) is 0. The van der Waals surface area contributed by atoms with Crippen molar-refractivity contribution in [2.45, 2.75) is 31.8 Å². The lowest BCUT2D eigenvalue weighted by atomic mass is 9.85. The number of ether oxygens (including phenoxy) is 1. The Balaban J connectivity index is 2.21. The Morgan fingerprint density at radius 2 is 2.18 bits per heavy atom.